The molecule has 3 rings (SSSR count). The number of benzene rings is 2. The Labute approximate surface area is 147 Å². The summed E-state index contributed by atoms with van der Waals surface area (Å²) < 4.78 is 5.41. The van der Waals surface area contributed by atoms with Crippen molar-refractivity contribution >= 4 is 17.5 Å². The van der Waals surface area contributed by atoms with Crippen molar-refractivity contribution < 1.29 is 14.3 Å². The summed E-state index contributed by atoms with van der Waals surface area (Å²) in [5, 5.41) is 3.16. The molecule has 2 aromatic carbocycles. The van der Waals surface area contributed by atoms with Gasteiger partial charge in [0.05, 0.1) is 19.1 Å². The predicted octanol–water partition coefficient (Wildman–Crippen LogP) is 3.39. The summed E-state index contributed by atoms with van der Waals surface area (Å²) in [6, 6.07) is 16.2. The molecule has 2 aromatic rings. The average molecular weight is 338 g/mol. The summed E-state index contributed by atoms with van der Waals surface area (Å²) >= 11 is 0. The van der Waals surface area contributed by atoms with Crippen LogP contribution in [0.1, 0.15) is 31.9 Å². The minimum absolute atomic E-state index is 0.148. The fourth-order valence-corrected chi connectivity index (χ4v) is 3.07. The van der Waals surface area contributed by atoms with Crippen LogP contribution in [0.25, 0.3) is 0 Å². The number of hydrogen-bond acceptors (Lipinski definition) is 4. The third-order valence-corrected chi connectivity index (χ3v) is 4.36. The van der Waals surface area contributed by atoms with Crippen molar-refractivity contribution in [2.24, 2.45) is 0 Å². The first-order valence-corrected chi connectivity index (χ1v) is 8.50. The van der Waals surface area contributed by atoms with Gasteiger partial charge >= 0.3 is 0 Å². The van der Waals surface area contributed by atoms with Crippen LogP contribution < -0.4 is 10.1 Å². The van der Waals surface area contributed by atoms with Crippen LogP contribution in [0.5, 0.6) is 5.75 Å². The Bertz CT molecular complexity index is 743. The molecular weight excluding hydrogens is 316 g/mol. The van der Waals surface area contributed by atoms with E-state index in [-0.39, 0.29) is 24.3 Å². The van der Waals surface area contributed by atoms with E-state index in [1.165, 1.54) is 4.90 Å². The zero-order valence-electron chi connectivity index (χ0n) is 14.4. The molecular formula is C20H22N2O3. The Hall–Kier alpha value is -2.82. The molecule has 0 radical (unpaired) electrons. The molecule has 0 spiro atoms. The van der Waals surface area contributed by atoms with Gasteiger partial charge in [-0.2, -0.15) is 0 Å². The lowest BCUT2D eigenvalue weighted by atomic mass is 10.1. The number of ether oxygens (including phenoxy) is 1. The number of likely N-dealkylation sites (tertiary alicyclic amines) is 1. The summed E-state index contributed by atoms with van der Waals surface area (Å²) in [6.45, 7) is 4.41. The fourth-order valence-electron chi connectivity index (χ4n) is 3.07. The van der Waals surface area contributed by atoms with Crippen molar-refractivity contribution in [3.05, 3.63) is 60.2 Å². The van der Waals surface area contributed by atoms with E-state index in [1.54, 1.807) is 0 Å². The van der Waals surface area contributed by atoms with Gasteiger partial charge in [-0.15, -0.1) is 0 Å². The highest BCUT2D eigenvalue weighted by molar-refractivity contribution is 6.07. The normalized spacial score (nSPS) is 18.3. The van der Waals surface area contributed by atoms with Gasteiger partial charge in [-0.1, -0.05) is 30.3 Å². The van der Waals surface area contributed by atoms with Gasteiger partial charge in [0.1, 0.15) is 11.8 Å². The Balaban J connectivity index is 1.70. The summed E-state index contributed by atoms with van der Waals surface area (Å²) in [5.74, 6) is 0.446. The molecule has 2 amide bonds. The number of carbonyl (C=O) groups is 2. The van der Waals surface area contributed by atoms with Crippen molar-refractivity contribution in [3.63, 3.8) is 0 Å². The van der Waals surface area contributed by atoms with Crippen LogP contribution in [-0.2, 0) is 9.59 Å². The molecule has 0 aromatic heterocycles. The van der Waals surface area contributed by atoms with Gasteiger partial charge in [0.25, 0.3) is 5.91 Å². The Morgan fingerprint density at radius 1 is 1.12 bits per heavy atom. The quantitative estimate of drug-likeness (QED) is 0.820. The number of nitrogens with one attached hydrogen (secondary N) is 1. The maximum absolute atomic E-state index is 12.7. The molecule has 25 heavy (non-hydrogen) atoms. The SMILES string of the molecule is CCOc1ccc(N[C@@H]2CC(=O)N([C@H](C)c3ccccc3)C2=O)cc1. The van der Waals surface area contributed by atoms with Crippen molar-refractivity contribution in [3.8, 4) is 5.75 Å². The number of imide groups is 1. The third-order valence-electron chi connectivity index (χ3n) is 4.36. The van der Waals surface area contributed by atoms with Crippen LogP contribution in [0.2, 0.25) is 0 Å². The molecule has 0 unspecified atom stereocenters. The van der Waals surface area contributed by atoms with Gasteiger partial charge in [-0.25, -0.2) is 0 Å². The second-order valence-electron chi connectivity index (χ2n) is 6.05. The van der Waals surface area contributed by atoms with Gasteiger partial charge in [-0.05, 0) is 43.7 Å². The van der Waals surface area contributed by atoms with Crippen LogP contribution >= 0.6 is 0 Å². The van der Waals surface area contributed by atoms with E-state index >= 15 is 0 Å². The van der Waals surface area contributed by atoms with Crippen LogP contribution in [0.15, 0.2) is 54.6 Å². The standard InChI is InChI=1S/C20H22N2O3/c1-3-25-17-11-9-16(10-12-17)21-18-13-19(23)22(20(18)24)14(2)15-7-5-4-6-8-15/h4-12,14,18,21H,3,13H2,1-2H3/t14-,18-/m1/s1. The van der Waals surface area contributed by atoms with E-state index < -0.39 is 6.04 Å². The number of carbonyl (C=O) groups excluding carboxylic acids is 2. The second kappa shape index (κ2) is 7.38. The largest absolute Gasteiger partial charge is 0.494 e. The highest BCUT2D eigenvalue weighted by Crippen LogP contribution is 2.28. The number of rotatable bonds is 6. The lowest BCUT2D eigenvalue weighted by Gasteiger charge is -2.23. The van der Waals surface area contributed by atoms with Gasteiger partial charge in [-0.3, -0.25) is 14.5 Å². The zero-order chi connectivity index (χ0) is 17.8. The lowest BCUT2D eigenvalue weighted by molar-refractivity contribution is -0.141. The maximum atomic E-state index is 12.7. The van der Waals surface area contributed by atoms with E-state index in [1.807, 2.05) is 68.4 Å². The molecule has 1 aliphatic rings. The monoisotopic (exact) mass is 338 g/mol. The van der Waals surface area contributed by atoms with E-state index in [0.29, 0.717) is 6.61 Å². The molecule has 0 bridgehead atoms. The first-order valence-electron chi connectivity index (χ1n) is 8.50. The van der Waals surface area contributed by atoms with E-state index in [4.69, 9.17) is 4.74 Å². The van der Waals surface area contributed by atoms with Gasteiger partial charge in [0.2, 0.25) is 5.91 Å². The highest BCUT2D eigenvalue weighted by atomic mass is 16.5. The average Bonchev–Trinajstić information content (AvgIpc) is 2.90. The smallest absolute Gasteiger partial charge is 0.252 e. The Kier molecular flexibility index (Phi) is 5.03. The molecule has 5 nitrogen and oxygen atoms in total. The molecule has 2 atom stereocenters. The Morgan fingerprint density at radius 2 is 1.80 bits per heavy atom. The zero-order valence-corrected chi connectivity index (χ0v) is 14.4. The first-order chi connectivity index (χ1) is 12.1. The molecule has 1 heterocycles. The number of nitrogens with zero attached hydrogens (tertiary/aromatic N) is 1. The van der Waals surface area contributed by atoms with Crippen molar-refractivity contribution in [2.75, 3.05) is 11.9 Å². The van der Waals surface area contributed by atoms with E-state index in [2.05, 4.69) is 5.32 Å². The van der Waals surface area contributed by atoms with Crippen molar-refractivity contribution in [1.82, 2.24) is 4.90 Å². The van der Waals surface area contributed by atoms with E-state index in [0.717, 1.165) is 17.0 Å². The second-order valence-corrected chi connectivity index (χ2v) is 6.05. The van der Waals surface area contributed by atoms with Crippen molar-refractivity contribution in [1.29, 1.82) is 0 Å². The molecule has 130 valence electrons. The fraction of sp³-hybridized carbons (Fsp3) is 0.300. The summed E-state index contributed by atoms with van der Waals surface area (Å²) in [7, 11) is 0. The lowest BCUT2D eigenvalue weighted by Crippen LogP contribution is -2.36. The predicted molar refractivity (Wildman–Crippen MR) is 96.3 cm³/mol. The number of amides is 2. The Morgan fingerprint density at radius 3 is 2.44 bits per heavy atom. The molecule has 0 saturated carbocycles. The highest BCUT2D eigenvalue weighted by Gasteiger charge is 2.41. The molecule has 1 saturated heterocycles. The number of anilines is 1. The molecule has 1 fully saturated rings. The van der Waals surface area contributed by atoms with Gasteiger partial charge in [0.15, 0.2) is 0 Å². The molecule has 1 aliphatic heterocycles. The number of hydrogen-bond donors (Lipinski definition) is 1. The van der Waals surface area contributed by atoms with Gasteiger partial charge in [0, 0.05) is 5.69 Å². The third kappa shape index (κ3) is 3.65. The summed E-state index contributed by atoms with van der Waals surface area (Å²) in [6.07, 6.45) is 0.170. The van der Waals surface area contributed by atoms with Crippen molar-refractivity contribution in [2.45, 2.75) is 32.4 Å². The van der Waals surface area contributed by atoms with Crippen LogP contribution in [-0.4, -0.2) is 29.4 Å². The van der Waals surface area contributed by atoms with E-state index in [9.17, 15) is 9.59 Å². The minimum Gasteiger partial charge on any atom is -0.494 e. The van der Waals surface area contributed by atoms with Crippen LogP contribution in [0.4, 0.5) is 5.69 Å². The maximum Gasteiger partial charge on any atom is 0.252 e. The summed E-state index contributed by atoms with van der Waals surface area (Å²) in [4.78, 5) is 26.5. The van der Waals surface area contributed by atoms with Crippen LogP contribution in [0, 0.1) is 0 Å². The molecule has 1 N–H and O–H groups in total. The molecule has 5 heteroatoms. The van der Waals surface area contributed by atoms with Crippen LogP contribution in [0.3, 0.4) is 0 Å². The minimum atomic E-state index is -0.531. The first kappa shape index (κ1) is 17.0. The topological polar surface area (TPSA) is 58.6 Å². The molecule has 0 aliphatic carbocycles. The summed E-state index contributed by atoms with van der Waals surface area (Å²) in [5.41, 5.74) is 1.75. The van der Waals surface area contributed by atoms with Gasteiger partial charge < -0.3 is 10.1 Å².